The summed E-state index contributed by atoms with van der Waals surface area (Å²) in [4.78, 5) is 21.0. The van der Waals surface area contributed by atoms with E-state index in [-0.39, 0.29) is 5.91 Å². The molecule has 1 aliphatic rings. The van der Waals surface area contributed by atoms with E-state index >= 15 is 0 Å². The molecule has 0 atom stereocenters. The van der Waals surface area contributed by atoms with Gasteiger partial charge in [-0.1, -0.05) is 4.49 Å². The summed E-state index contributed by atoms with van der Waals surface area (Å²) < 4.78 is 3.90. The average molecular weight is 308 g/mol. The van der Waals surface area contributed by atoms with Crippen LogP contribution in [0.1, 0.15) is 43.8 Å². The third kappa shape index (κ3) is 2.60. The molecule has 0 bridgehead atoms. The monoisotopic (exact) mass is 308 g/mol. The van der Waals surface area contributed by atoms with Crippen LogP contribution in [0.2, 0.25) is 0 Å². The fourth-order valence-corrected chi connectivity index (χ4v) is 4.12. The molecule has 3 rings (SSSR count). The van der Waals surface area contributed by atoms with Crippen LogP contribution >= 0.6 is 22.9 Å². The molecule has 2 aromatic heterocycles. The van der Waals surface area contributed by atoms with E-state index in [2.05, 4.69) is 14.6 Å². The number of carbonyl (C=O) groups excluding carboxylic acids is 1. The van der Waals surface area contributed by atoms with Crippen LogP contribution in [-0.2, 0) is 19.4 Å². The number of aryl methyl sites for hydroxylation is 3. The van der Waals surface area contributed by atoms with Crippen LogP contribution in [0.5, 0.6) is 0 Å². The quantitative estimate of drug-likeness (QED) is 0.874. The molecule has 2 heterocycles. The van der Waals surface area contributed by atoms with E-state index in [0.717, 1.165) is 29.1 Å². The molecule has 0 unspecified atom stereocenters. The maximum absolute atomic E-state index is 12.4. The number of hydrogen-bond donors (Lipinski definition) is 0. The topological polar surface area (TPSA) is 59.0 Å². The predicted octanol–water partition coefficient (Wildman–Crippen LogP) is 2.45. The summed E-state index contributed by atoms with van der Waals surface area (Å²) in [6.07, 6.45) is 4.49. The summed E-state index contributed by atoms with van der Waals surface area (Å²) >= 11 is 2.90. The van der Waals surface area contributed by atoms with E-state index in [0.29, 0.717) is 11.6 Å². The van der Waals surface area contributed by atoms with Crippen molar-refractivity contribution in [2.45, 2.75) is 39.2 Å². The summed E-state index contributed by atoms with van der Waals surface area (Å²) in [5.74, 6) is -0.00259. The minimum atomic E-state index is -0.00259. The Morgan fingerprint density at radius 2 is 2.15 bits per heavy atom. The lowest BCUT2D eigenvalue weighted by molar-refractivity contribution is 0.0785. The number of aromatic nitrogens is 3. The van der Waals surface area contributed by atoms with Crippen molar-refractivity contribution in [2.24, 2.45) is 0 Å². The van der Waals surface area contributed by atoms with Gasteiger partial charge in [-0.25, -0.2) is 4.98 Å². The van der Waals surface area contributed by atoms with E-state index in [9.17, 15) is 4.79 Å². The van der Waals surface area contributed by atoms with E-state index in [4.69, 9.17) is 0 Å². The van der Waals surface area contributed by atoms with Crippen LogP contribution in [0.15, 0.2) is 0 Å². The van der Waals surface area contributed by atoms with Gasteiger partial charge in [-0.3, -0.25) is 4.79 Å². The first-order valence-electron chi connectivity index (χ1n) is 6.67. The molecule has 0 saturated carbocycles. The van der Waals surface area contributed by atoms with Crippen LogP contribution in [0.3, 0.4) is 0 Å². The first-order chi connectivity index (χ1) is 9.65. The molecule has 1 amide bonds. The molecule has 2 aromatic rings. The van der Waals surface area contributed by atoms with Gasteiger partial charge in [0.1, 0.15) is 0 Å². The smallest absolute Gasteiger partial charge is 0.282 e. The number of rotatable bonds is 3. The second kappa shape index (κ2) is 5.57. The summed E-state index contributed by atoms with van der Waals surface area (Å²) in [6.45, 7) is 2.46. The van der Waals surface area contributed by atoms with Gasteiger partial charge >= 0.3 is 0 Å². The first kappa shape index (κ1) is 13.6. The van der Waals surface area contributed by atoms with Gasteiger partial charge in [0.15, 0.2) is 5.01 Å². The van der Waals surface area contributed by atoms with Crippen molar-refractivity contribution in [3.05, 3.63) is 26.1 Å². The Bertz CT molecular complexity index is 611. The van der Waals surface area contributed by atoms with Gasteiger partial charge in [0.05, 0.1) is 22.8 Å². The van der Waals surface area contributed by atoms with Gasteiger partial charge in [0.25, 0.3) is 5.91 Å². The maximum Gasteiger partial charge on any atom is 0.282 e. The zero-order chi connectivity index (χ0) is 14.1. The zero-order valence-electron chi connectivity index (χ0n) is 11.5. The van der Waals surface area contributed by atoms with Crippen molar-refractivity contribution in [3.8, 4) is 0 Å². The maximum atomic E-state index is 12.4. The minimum absolute atomic E-state index is 0.00259. The Balaban J connectivity index is 1.75. The molecule has 0 fully saturated rings. The summed E-state index contributed by atoms with van der Waals surface area (Å²) in [5.41, 5.74) is 2.03. The average Bonchev–Trinajstić information content (AvgIpc) is 3.04. The van der Waals surface area contributed by atoms with E-state index in [1.54, 1.807) is 16.2 Å². The number of amides is 1. The minimum Gasteiger partial charge on any atom is -0.334 e. The molecule has 0 saturated heterocycles. The molecule has 7 heteroatoms. The Hall–Kier alpha value is -1.34. The van der Waals surface area contributed by atoms with Gasteiger partial charge in [0.2, 0.25) is 0 Å². The highest BCUT2D eigenvalue weighted by Crippen LogP contribution is 2.27. The fraction of sp³-hybridized carbons (Fsp3) is 0.538. The highest BCUT2D eigenvalue weighted by molar-refractivity contribution is 7.13. The molecule has 106 valence electrons. The molecule has 0 spiro atoms. The van der Waals surface area contributed by atoms with Crippen molar-refractivity contribution in [3.63, 3.8) is 0 Å². The highest BCUT2D eigenvalue weighted by atomic mass is 32.1. The van der Waals surface area contributed by atoms with Gasteiger partial charge < -0.3 is 4.90 Å². The van der Waals surface area contributed by atoms with Gasteiger partial charge in [-0.2, -0.15) is 0 Å². The summed E-state index contributed by atoms with van der Waals surface area (Å²) in [6, 6.07) is 0. The molecule has 20 heavy (non-hydrogen) atoms. The molecular weight excluding hydrogens is 292 g/mol. The number of fused-ring (bicyclic) bond motifs is 1. The molecule has 5 nitrogen and oxygen atoms in total. The van der Waals surface area contributed by atoms with E-state index in [1.807, 2.05) is 14.0 Å². The number of carbonyl (C=O) groups is 1. The van der Waals surface area contributed by atoms with Crippen LogP contribution in [-0.4, -0.2) is 32.4 Å². The summed E-state index contributed by atoms with van der Waals surface area (Å²) in [5, 5.41) is 4.59. The largest absolute Gasteiger partial charge is 0.334 e. The molecule has 0 aromatic carbocycles. The Labute approximate surface area is 125 Å². The Morgan fingerprint density at radius 1 is 1.35 bits per heavy atom. The lowest BCUT2D eigenvalue weighted by atomic mass is 10.0. The van der Waals surface area contributed by atoms with Crippen LogP contribution < -0.4 is 0 Å². The van der Waals surface area contributed by atoms with E-state index < -0.39 is 0 Å². The lowest BCUT2D eigenvalue weighted by Crippen LogP contribution is -2.26. The van der Waals surface area contributed by atoms with Crippen molar-refractivity contribution in [1.29, 1.82) is 0 Å². The Kier molecular flexibility index (Phi) is 3.80. The number of hydrogen-bond acceptors (Lipinski definition) is 6. The molecule has 0 aliphatic heterocycles. The normalized spacial score (nSPS) is 14.1. The summed E-state index contributed by atoms with van der Waals surface area (Å²) in [7, 11) is 1.81. The van der Waals surface area contributed by atoms with Gasteiger partial charge in [-0.15, -0.1) is 16.4 Å². The highest BCUT2D eigenvalue weighted by Gasteiger charge is 2.22. The van der Waals surface area contributed by atoms with Crippen LogP contribution in [0, 0.1) is 6.92 Å². The SMILES string of the molecule is Cc1nnsc1CN(C)C(=O)c1nc2c(s1)CCCC2. The van der Waals surface area contributed by atoms with Crippen LogP contribution in [0.25, 0.3) is 0 Å². The molecule has 0 radical (unpaired) electrons. The predicted molar refractivity (Wildman–Crippen MR) is 79.2 cm³/mol. The molecule has 0 N–H and O–H groups in total. The second-order valence-electron chi connectivity index (χ2n) is 5.04. The number of thiazole rings is 1. The lowest BCUT2D eigenvalue weighted by Gasteiger charge is -2.14. The van der Waals surface area contributed by atoms with Gasteiger partial charge in [0, 0.05) is 11.9 Å². The second-order valence-corrected chi connectivity index (χ2v) is 6.96. The standard InChI is InChI=1S/C13H16N4OS2/c1-8-11(20-16-15-8)7-17(2)13(18)12-14-9-5-3-4-6-10(9)19-12/h3-7H2,1-2H3. The third-order valence-corrected chi connectivity index (χ3v) is 5.46. The van der Waals surface area contributed by atoms with E-state index in [1.165, 1.54) is 29.3 Å². The van der Waals surface area contributed by atoms with Gasteiger partial charge in [-0.05, 0) is 44.1 Å². The zero-order valence-corrected chi connectivity index (χ0v) is 13.2. The first-order valence-corrected chi connectivity index (χ1v) is 8.26. The Morgan fingerprint density at radius 3 is 2.85 bits per heavy atom. The van der Waals surface area contributed by atoms with Crippen LogP contribution in [0.4, 0.5) is 0 Å². The fourth-order valence-electron chi connectivity index (χ4n) is 2.29. The molecule has 1 aliphatic carbocycles. The molecular formula is C13H16N4OS2. The van der Waals surface area contributed by atoms with Crippen molar-refractivity contribution in [2.75, 3.05) is 7.05 Å². The number of nitrogens with zero attached hydrogens (tertiary/aromatic N) is 4. The van der Waals surface area contributed by atoms with Crippen molar-refractivity contribution >= 4 is 28.8 Å². The third-order valence-electron chi connectivity index (χ3n) is 3.50. The van der Waals surface area contributed by atoms with Crippen molar-refractivity contribution < 1.29 is 4.79 Å². The van der Waals surface area contributed by atoms with Crippen molar-refractivity contribution in [1.82, 2.24) is 19.5 Å².